The maximum absolute atomic E-state index is 13.4. The molecule has 1 aromatic heterocycles. The first-order valence-electron chi connectivity index (χ1n) is 10.2. The Kier molecular flexibility index (Phi) is 6.96. The summed E-state index contributed by atoms with van der Waals surface area (Å²) in [5, 5.41) is 6.22. The van der Waals surface area contributed by atoms with Gasteiger partial charge in [0, 0.05) is 15.6 Å². The van der Waals surface area contributed by atoms with Crippen molar-refractivity contribution in [1.82, 2.24) is 4.98 Å². The van der Waals surface area contributed by atoms with Crippen LogP contribution in [0.5, 0.6) is 5.75 Å². The summed E-state index contributed by atoms with van der Waals surface area (Å²) < 4.78 is 7.34. The number of ether oxygens (including phenoxy) is 1. The molecule has 0 aliphatic carbocycles. The molecule has 1 amide bonds. The number of hydrazone groups is 1. The van der Waals surface area contributed by atoms with Crippen LogP contribution in [0.1, 0.15) is 40.1 Å². The van der Waals surface area contributed by atoms with Gasteiger partial charge in [-0.15, -0.1) is 0 Å². The normalized spacial score (nSPS) is 11.1. The van der Waals surface area contributed by atoms with E-state index in [4.69, 9.17) is 4.74 Å². The predicted octanol–water partition coefficient (Wildman–Crippen LogP) is 6.34. The Morgan fingerprint density at radius 2 is 1.76 bits per heavy atom. The number of thiazole rings is 1. The van der Waals surface area contributed by atoms with E-state index >= 15 is 0 Å². The number of rotatable bonds is 7. The molecule has 6 nitrogen and oxygen atoms in total. The first-order valence-corrected chi connectivity index (χ1v) is 11.8. The molecule has 1 heterocycles. The summed E-state index contributed by atoms with van der Waals surface area (Å²) in [6, 6.07) is 19.7. The average molecular weight is 522 g/mol. The van der Waals surface area contributed by atoms with Gasteiger partial charge in [-0.25, -0.2) is 4.98 Å². The van der Waals surface area contributed by atoms with Crippen LogP contribution >= 0.6 is 27.3 Å². The van der Waals surface area contributed by atoms with Crippen LogP contribution in [0.25, 0.3) is 10.2 Å². The van der Waals surface area contributed by atoms with Gasteiger partial charge in [0.05, 0.1) is 23.0 Å². The fourth-order valence-corrected chi connectivity index (χ4v) is 4.55. The van der Waals surface area contributed by atoms with Gasteiger partial charge in [0.25, 0.3) is 5.91 Å². The zero-order chi connectivity index (χ0) is 23.4. The van der Waals surface area contributed by atoms with Gasteiger partial charge >= 0.3 is 0 Å². The van der Waals surface area contributed by atoms with Gasteiger partial charge in [-0.3, -0.25) is 9.59 Å². The number of Topliss-reactive ketones (excluding diaryl/α,β-unsaturated/α-hetero) is 1. The fraction of sp³-hybridized carbons (Fsp3) is 0.120. The molecular weight excluding hydrogens is 502 g/mol. The molecule has 8 heteroatoms. The molecular formula is C25H20BrN3O3S. The highest BCUT2D eigenvalue weighted by molar-refractivity contribution is 9.10. The minimum Gasteiger partial charge on any atom is -0.494 e. The van der Waals surface area contributed by atoms with Crippen LogP contribution in [0.2, 0.25) is 0 Å². The van der Waals surface area contributed by atoms with Crippen LogP contribution < -0.4 is 9.75 Å². The number of carbonyl (C=O) groups excluding carboxylic acids is 2. The molecule has 0 aliphatic rings. The summed E-state index contributed by atoms with van der Waals surface area (Å²) in [6.45, 7) is 4.01. The second-order valence-corrected chi connectivity index (χ2v) is 9.03. The summed E-state index contributed by atoms with van der Waals surface area (Å²) in [7, 11) is 0. The number of carbonyl (C=O) groups is 2. The molecule has 0 fully saturated rings. The first-order chi connectivity index (χ1) is 15.9. The highest BCUT2D eigenvalue weighted by Crippen LogP contribution is 2.32. The van der Waals surface area contributed by atoms with Gasteiger partial charge in [0.1, 0.15) is 5.75 Å². The lowest BCUT2D eigenvalue weighted by Crippen LogP contribution is -2.25. The Labute approximate surface area is 203 Å². The summed E-state index contributed by atoms with van der Waals surface area (Å²) in [6.07, 6.45) is 1.61. The van der Waals surface area contributed by atoms with Crippen molar-refractivity contribution in [2.45, 2.75) is 13.8 Å². The molecule has 33 heavy (non-hydrogen) atoms. The van der Waals surface area contributed by atoms with E-state index in [0.29, 0.717) is 22.9 Å². The van der Waals surface area contributed by atoms with Crippen LogP contribution in [0.4, 0.5) is 5.13 Å². The lowest BCUT2D eigenvalue weighted by Gasteiger charge is -2.14. The van der Waals surface area contributed by atoms with Crippen LogP contribution in [0.15, 0.2) is 76.3 Å². The molecule has 166 valence electrons. The van der Waals surface area contributed by atoms with Crippen LogP contribution in [0, 0.1) is 0 Å². The molecule has 0 N–H and O–H groups in total. The third kappa shape index (κ3) is 5.35. The quantitative estimate of drug-likeness (QED) is 0.161. The van der Waals surface area contributed by atoms with Gasteiger partial charge in [-0.05, 0) is 74.0 Å². The van der Waals surface area contributed by atoms with E-state index in [2.05, 4.69) is 26.0 Å². The zero-order valence-electron chi connectivity index (χ0n) is 18.0. The summed E-state index contributed by atoms with van der Waals surface area (Å²) in [5.74, 6) is 0.367. The molecule has 3 aromatic carbocycles. The Morgan fingerprint density at radius 3 is 2.42 bits per heavy atom. The minimum absolute atomic E-state index is 0.0591. The van der Waals surface area contributed by atoms with Crippen molar-refractivity contribution < 1.29 is 14.3 Å². The Morgan fingerprint density at radius 1 is 1.06 bits per heavy atom. The topological polar surface area (TPSA) is 71.9 Å². The van der Waals surface area contributed by atoms with Gasteiger partial charge in [-0.2, -0.15) is 10.1 Å². The number of anilines is 1. The number of amides is 1. The van der Waals surface area contributed by atoms with Crippen molar-refractivity contribution in [1.29, 1.82) is 0 Å². The van der Waals surface area contributed by atoms with E-state index in [1.165, 1.54) is 23.3 Å². The van der Waals surface area contributed by atoms with Crippen LogP contribution in [-0.4, -0.2) is 29.5 Å². The maximum atomic E-state index is 13.4. The first kappa shape index (κ1) is 22.8. The molecule has 0 saturated carbocycles. The minimum atomic E-state index is -0.342. The van der Waals surface area contributed by atoms with E-state index in [-0.39, 0.29) is 11.7 Å². The van der Waals surface area contributed by atoms with Crippen molar-refractivity contribution in [3.8, 4) is 5.75 Å². The molecule has 4 aromatic rings. The molecule has 0 spiro atoms. The van der Waals surface area contributed by atoms with Gasteiger partial charge < -0.3 is 4.74 Å². The molecule has 0 aliphatic heterocycles. The third-order valence-corrected chi connectivity index (χ3v) is 6.25. The lowest BCUT2D eigenvalue weighted by molar-refractivity contribution is 0.0983. The number of aromatic nitrogens is 1. The van der Waals surface area contributed by atoms with Gasteiger partial charge in [0.15, 0.2) is 5.78 Å². The molecule has 0 radical (unpaired) electrons. The maximum Gasteiger partial charge on any atom is 0.280 e. The molecule has 4 rings (SSSR count). The van der Waals surface area contributed by atoms with Gasteiger partial charge in [-0.1, -0.05) is 39.4 Å². The fourth-order valence-electron chi connectivity index (χ4n) is 3.08. The zero-order valence-corrected chi connectivity index (χ0v) is 20.4. The summed E-state index contributed by atoms with van der Waals surface area (Å²) in [4.78, 5) is 29.6. The molecule has 0 saturated heterocycles. The second kappa shape index (κ2) is 10.1. The standard InChI is InChI=1S/C25H20BrN3O3S/c1-3-32-21-11-4-17(5-12-21)15-27-29(24(31)19-8-6-18(7-9-19)16(2)30)25-28-22-13-10-20(26)14-23(22)33-25/h4-15H,3H2,1-2H3/b27-15+. The number of fused-ring (bicyclic) bond motifs is 1. The summed E-state index contributed by atoms with van der Waals surface area (Å²) in [5.41, 5.74) is 2.54. The largest absolute Gasteiger partial charge is 0.494 e. The number of nitrogens with zero attached hydrogens (tertiary/aromatic N) is 3. The predicted molar refractivity (Wildman–Crippen MR) is 136 cm³/mol. The lowest BCUT2D eigenvalue weighted by atomic mass is 10.1. The Bertz CT molecular complexity index is 1330. The smallest absolute Gasteiger partial charge is 0.280 e. The van der Waals surface area contributed by atoms with Crippen molar-refractivity contribution >= 4 is 60.5 Å². The summed E-state index contributed by atoms with van der Waals surface area (Å²) >= 11 is 4.84. The second-order valence-electron chi connectivity index (χ2n) is 7.11. The van der Waals surface area contributed by atoms with E-state index in [1.54, 1.807) is 30.5 Å². The Balaban J connectivity index is 1.70. The van der Waals surface area contributed by atoms with E-state index in [1.807, 2.05) is 49.4 Å². The molecule has 0 bridgehead atoms. The number of benzene rings is 3. The number of halogens is 1. The van der Waals surface area contributed by atoms with Crippen LogP contribution in [-0.2, 0) is 0 Å². The SMILES string of the molecule is CCOc1ccc(/C=N/N(C(=O)c2ccc(C(C)=O)cc2)c2nc3ccc(Br)cc3s2)cc1. The van der Waals surface area contributed by atoms with Crippen molar-refractivity contribution in [3.63, 3.8) is 0 Å². The average Bonchev–Trinajstić information content (AvgIpc) is 3.23. The van der Waals surface area contributed by atoms with Crippen molar-refractivity contribution in [2.75, 3.05) is 11.6 Å². The van der Waals surface area contributed by atoms with Gasteiger partial charge in [0.2, 0.25) is 5.13 Å². The number of ketones is 1. The van der Waals surface area contributed by atoms with E-state index in [9.17, 15) is 9.59 Å². The highest BCUT2D eigenvalue weighted by Gasteiger charge is 2.21. The van der Waals surface area contributed by atoms with Crippen LogP contribution in [0.3, 0.4) is 0 Å². The number of hydrogen-bond donors (Lipinski definition) is 0. The molecule has 0 unspecified atom stereocenters. The van der Waals surface area contributed by atoms with E-state index < -0.39 is 0 Å². The van der Waals surface area contributed by atoms with Crippen molar-refractivity contribution in [2.24, 2.45) is 5.10 Å². The van der Waals surface area contributed by atoms with Crippen molar-refractivity contribution in [3.05, 3.63) is 87.9 Å². The van der Waals surface area contributed by atoms with E-state index in [0.717, 1.165) is 26.0 Å². The Hall–Kier alpha value is -3.36. The highest BCUT2D eigenvalue weighted by atomic mass is 79.9. The monoisotopic (exact) mass is 521 g/mol. The molecule has 0 atom stereocenters. The number of hydrogen-bond acceptors (Lipinski definition) is 6. The third-order valence-electron chi connectivity index (χ3n) is 4.76.